The van der Waals surface area contributed by atoms with E-state index in [-0.39, 0.29) is 199 Å². The average Bonchev–Trinajstić information content (AvgIpc) is 2.48. The summed E-state index contributed by atoms with van der Waals surface area (Å²) in [5.74, 6) is -2.28. The Morgan fingerprint density at radius 3 is 1.09 bits per heavy atom. The maximum absolute atomic E-state index is 10.0. The van der Waals surface area contributed by atoms with Crippen molar-refractivity contribution in [1.82, 2.24) is 0 Å². The smallest absolute Gasteiger partial charge is 0.870 e. The molecule has 0 bridgehead atoms. The molecule has 0 aliphatic heterocycles. The van der Waals surface area contributed by atoms with Crippen molar-refractivity contribution in [2.75, 3.05) is 26.4 Å². The van der Waals surface area contributed by atoms with E-state index in [9.17, 15) is 9.59 Å². The third kappa shape index (κ3) is 166. The van der Waals surface area contributed by atoms with Crippen LogP contribution in [0, 0.1) is 6.08 Å². The minimum absolute atomic E-state index is 0. The monoisotopic (exact) mass is 560 g/mol. The van der Waals surface area contributed by atoms with E-state index in [1.165, 1.54) is 0 Å². The van der Waals surface area contributed by atoms with Gasteiger partial charge in [0.15, 0.2) is 5.76 Å². The molecule has 0 aromatic rings. The first-order valence-corrected chi connectivity index (χ1v) is 5.61. The van der Waals surface area contributed by atoms with E-state index < -0.39 is 30.5 Å². The Morgan fingerprint density at radius 1 is 0.794 bits per heavy atom. The maximum Gasteiger partial charge on any atom is 1.00 e. The first-order valence-electron chi connectivity index (χ1n) is 5.61. The molecule has 0 saturated carbocycles. The molecule has 0 aliphatic rings. The Hall–Kier alpha value is 1.78. The van der Waals surface area contributed by atoms with Gasteiger partial charge in [0.05, 0.1) is 0 Å². The predicted octanol–water partition coefficient (Wildman–Crippen LogP) is -15.4. The number of Topliss-reactive ketones (excluding diaryl/α,β-unsaturated/α-hetero) is 1. The summed E-state index contributed by atoms with van der Waals surface area (Å²) in [6.07, 6.45) is 2.39. The van der Waals surface area contributed by atoms with Gasteiger partial charge in [0, 0.05) is 20.9 Å². The molecule has 0 unspecified atom stereocenters. The fraction of sp³-hybridized carbons (Fsp3) is 0.571. The number of carbonyl (C=O) groups excluding carboxylic acids is 2. The zero-order chi connectivity index (χ0) is 17.7. The number of ketones is 1. The molecule has 200 valence electrons. The summed E-state index contributed by atoms with van der Waals surface area (Å²) in [5, 5.41) is 55.3. The van der Waals surface area contributed by atoms with Crippen LogP contribution < -0.4 is 118 Å². The van der Waals surface area contributed by atoms with E-state index >= 15 is 0 Å². The number of hydrogen-bond donors (Lipinski definition) is 7. The van der Waals surface area contributed by atoms with E-state index in [1.54, 1.807) is 13.8 Å². The molecule has 0 fully saturated rings. The van der Waals surface area contributed by atoms with Crippen molar-refractivity contribution >= 4 is 12.1 Å². The van der Waals surface area contributed by atoms with Crippen LogP contribution in [0.5, 0.6) is 0 Å². The van der Waals surface area contributed by atoms with Crippen molar-refractivity contribution in [3.8, 4) is 0 Å². The largest absolute Gasteiger partial charge is 1.00 e. The second-order valence-corrected chi connectivity index (χ2v) is 2.57. The van der Waals surface area contributed by atoms with Gasteiger partial charge >= 0.3 is 118 Å². The molecule has 18 N–H and O–H groups in total. The predicted molar refractivity (Wildman–Crippen MR) is 109 cm³/mol. The summed E-state index contributed by atoms with van der Waals surface area (Å²) in [6, 6.07) is 0. The van der Waals surface area contributed by atoms with Gasteiger partial charge in [-0.25, -0.2) is 6.08 Å². The molecule has 34 heavy (non-hydrogen) atoms. The van der Waals surface area contributed by atoms with Gasteiger partial charge in [-0.2, -0.15) is 0 Å². The maximum atomic E-state index is 10.0. The van der Waals surface area contributed by atoms with Crippen LogP contribution in [-0.4, -0.2) is 113 Å². The van der Waals surface area contributed by atoms with Crippen LogP contribution in [0.4, 0.5) is 0 Å². The van der Waals surface area contributed by atoms with Gasteiger partial charge < -0.3 is 78.9 Å². The standard InChI is InChI=1S/C4H6O4.C4H5O3.2C2H6O.2CH4.4Na.7H2O.H2/c5-1-3(7)4(8)2-6;5-2-1-4(7)3-6;2*1-2-3;;;;;;;;;;;;;;/h1,5-7H,2H2;3,5,7H,2H2;2*3H,2H2,1H3;2*1H4;;;;;7*1H2;1H/q;-1;;;;;4*+1;;;;;;;;/p-3. The third-order valence-corrected chi connectivity index (χ3v) is 0.923. The van der Waals surface area contributed by atoms with Crippen molar-refractivity contribution < 1.29 is 203 Å². The van der Waals surface area contributed by atoms with Crippen molar-refractivity contribution in [1.29, 1.82) is 0 Å². The number of hydrogen-bond acceptors (Lipinski definition) is 12. The molecule has 0 spiro atoms. The van der Waals surface area contributed by atoms with Gasteiger partial charge in [-0.1, -0.05) is 14.9 Å². The van der Waals surface area contributed by atoms with Crippen LogP contribution in [0.2, 0.25) is 0 Å². The number of allylic oxidation sites excluding steroid dienone is 1. The first kappa shape index (κ1) is 123. The van der Waals surface area contributed by atoms with E-state index in [4.69, 9.17) is 35.7 Å². The van der Waals surface area contributed by atoms with Gasteiger partial charge in [-0.15, -0.1) is 0 Å². The summed E-state index contributed by atoms with van der Waals surface area (Å²) in [5.41, 5.74) is 0. The molecular weight excluding hydrogens is 516 g/mol. The van der Waals surface area contributed by atoms with Crippen molar-refractivity contribution in [3.63, 3.8) is 0 Å². The second kappa shape index (κ2) is 126. The topological polar surface area (TPSA) is 392 Å². The van der Waals surface area contributed by atoms with E-state index in [0.717, 1.165) is 0 Å². The Balaban J connectivity index is -0.00000000636. The molecule has 0 aliphatic carbocycles. The van der Waals surface area contributed by atoms with Crippen molar-refractivity contribution in [3.05, 3.63) is 23.9 Å². The van der Waals surface area contributed by atoms with E-state index in [0.29, 0.717) is 0 Å². The van der Waals surface area contributed by atoms with Gasteiger partial charge in [0.1, 0.15) is 12.9 Å². The summed E-state index contributed by atoms with van der Waals surface area (Å²) >= 11 is 0. The van der Waals surface area contributed by atoms with Crippen LogP contribution in [0.3, 0.4) is 0 Å². The summed E-state index contributed by atoms with van der Waals surface area (Å²) in [6.45, 7) is 2.65. The van der Waals surface area contributed by atoms with Gasteiger partial charge in [0.2, 0.25) is 5.78 Å². The van der Waals surface area contributed by atoms with Crippen LogP contribution in [0.25, 0.3) is 0 Å². The summed E-state index contributed by atoms with van der Waals surface area (Å²) in [7, 11) is 0. The van der Waals surface area contributed by atoms with Gasteiger partial charge in [-0.3, -0.25) is 4.79 Å². The molecule has 0 amide bonds. The zero-order valence-electron chi connectivity index (χ0n) is 19.3. The molecule has 16 nitrogen and oxygen atoms in total. The molecule has 20 heteroatoms. The normalized spacial score (nSPS) is 6.06. The van der Waals surface area contributed by atoms with E-state index in [1.807, 2.05) is 6.08 Å². The van der Waals surface area contributed by atoms with Crippen molar-refractivity contribution in [2.45, 2.75) is 28.7 Å². The summed E-state index contributed by atoms with van der Waals surface area (Å²) < 4.78 is 0. The minimum Gasteiger partial charge on any atom is -0.870 e. The van der Waals surface area contributed by atoms with Gasteiger partial charge in [0.25, 0.3) is 0 Å². The quantitative estimate of drug-likeness (QED) is 0.0554. The van der Waals surface area contributed by atoms with Crippen LogP contribution in [-0.2, 0) is 9.59 Å². The Morgan fingerprint density at radius 2 is 1.03 bits per heavy atom. The molecule has 0 radical (unpaired) electrons. The number of aliphatic hydroxyl groups is 7. The fourth-order valence-corrected chi connectivity index (χ4v) is 0.276. The van der Waals surface area contributed by atoms with Crippen LogP contribution in [0.15, 0.2) is 17.8 Å². The molecule has 0 heterocycles. The average molecular weight is 560 g/mol. The Bertz CT molecular complexity index is 316. The Kier molecular flexibility index (Phi) is 453. The fourth-order valence-electron chi connectivity index (χ4n) is 0.276. The zero-order valence-corrected chi connectivity index (χ0v) is 27.3. The van der Waals surface area contributed by atoms with Crippen LogP contribution >= 0.6 is 0 Å². The number of aldehydes is 1. The summed E-state index contributed by atoms with van der Waals surface area (Å²) in [4.78, 5) is 19.4. The molecule has 0 atom stereocenters. The minimum atomic E-state index is -0.896. The number of rotatable bonds is 4. The third-order valence-electron chi connectivity index (χ3n) is 0.923. The second-order valence-electron chi connectivity index (χ2n) is 2.57. The van der Waals surface area contributed by atoms with Gasteiger partial charge in [-0.05, 0) is 26.2 Å². The molecular formula is C14H44Na4O16. The number of aliphatic hydroxyl groups excluding tert-OH is 7. The molecule has 0 rings (SSSR count). The Labute approximate surface area is 291 Å². The molecule has 0 aromatic heterocycles. The SMILES string of the molecule is C.C.CCO.CCO.O.O.O.O.O=C(CO)C(O)=CO.O=CC(O)=[C-]CO.[HH].[Na+].[Na+].[Na+].[Na+].[OH-].[OH-].[OH-]. The van der Waals surface area contributed by atoms with E-state index in [2.05, 4.69) is 0 Å². The molecule has 0 aromatic carbocycles. The van der Waals surface area contributed by atoms with Crippen molar-refractivity contribution in [2.24, 2.45) is 0 Å². The van der Waals surface area contributed by atoms with Crippen LogP contribution in [0.1, 0.15) is 30.1 Å². The number of carbonyl (C=O) groups is 2. The molecule has 0 saturated heterocycles. The first-order chi connectivity index (χ1) is 9.86.